The van der Waals surface area contributed by atoms with Gasteiger partial charge in [-0.3, -0.25) is 24.1 Å². The average molecular weight is 409 g/mol. The molecular weight excluding hydrogens is 382 g/mol. The van der Waals surface area contributed by atoms with Crippen LogP contribution in [0.5, 0.6) is 0 Å². The van der Waals surface area contributed by atoms with E-state index in [0.717, 1.165) is 24.2 Å². The fourth-order valence-corrected chi connectivity index (χ4v) is 6.80. The molecule has 4 bridgehead atoms. The molecular formula is C24H27NO5. The topological polar surface area (TPSA) is 80.8 Å². The summed E-state index contributed by atoms with van der Waals surface area (Å²) in [5, 5.41) is 0. The number of Topliss-reactive ketones (excluding diaryl/α,β-unsaturated/α-hetero) is 1. The number of ketones is 1. The Bertz CT molecular complexity index is 865. The second-order valence-corrected chi connectivity index (χ2v) is 9.75. The lowest BCUT2D eigenvalue weighted by molar-refractivity contribution is -0.165. The van der Waals surface area contributed by atoms with Crippen LogP contribution in [0.1, 0.15) is 72.6 Å². The highest BCUT2D eigenvalue weighted by molar-refractivity contribution is 6.21. The molecule has 1 aliphatic heterocycles. The molecule has 1 aromatic carbocycles. The third-order valence-electron chi connectivity index (χ3n) is 7.66. The molecule has 0 saturated heterocycles. The van der Waals surface area contributed by atoms with Crippen LogP contribution in [0.2, 0.25) is 0 Å². The van der Waals surface area contributed by atoms with Gasteiger partial charge in [-0.05, 0) is 75.3 Å². The normalized spacial score (nSPS) is 32.3. The number of esters is 1. The Balaban J connectivity index is 1.18. The number of rotatable bonds is 6. The molecule has 4 aliphatic carbocycles. The minimum Gasteiger partial charge on any atom is -0.455 e. The highest BCUT2D eigenvalue weighted by atomic mass is 16.5. The van der Waals surface area contributed by atoms with Gasteiger partial charge in [0.25, 0.3) is 11.8 Å². The lowest BCUT2D eigenvalue weighted by atomic mass is 9.48. The van der Waals surface area contributed by atoms with Crippen molar-refractivity contribution in [3.05, 3.63) is 35.4 Å². The lowest BCUT2D eigenvalue weighted by Gasteiger charge is -2.56. The summed E-state index contributed by atoms with van der Waals surface area (Å²) in [6, 6.07) is 6.64. The van der Waals surface area contributed by atoms with Crippen LogP contribution >= 0.6 is 0 Å². The highest BCUT2D eigenvalue weighted by Gasteiger charge is 2.55. The number of hydrogen-bond donors (Lipinski definition) is 0. The Morgan fingerprint density at radius 2 is 1.50 bits per heavy atom. The molecule has 0 unspecified atom stereocenters. The summed E-state index contributed by atoms with van der Waals surface area (Å²) < 4.78 is 5.47. The molecule has 1 heterocycles. The molecule has 1 aromatic rings. The first-order valence-corrected chi connectivity index (χ1v) is 11.1. The van der Waals surface area contributed by atoms with Crippen LogP contribution in [0.4, 0.5) is 0 Å². The van der Waals surface area contributed by atoms with Crippen LogP contribution in [-0.4, -0.2) is 41.1 Å². The van der Waals surface area contributed by atoms with Gasteiger partial charge in [0.2, 0.25) is 0 Å². The number of nitrogens with zero attached hydrogens (tertiary/aromatic N) is 1. The fourth-order valence-electron chi connectivity index (χ4n) is 6.80. The molecule has 0 N–H and O–H groups in total. The number of benzene rings is 1. The smallest absolute Gasteiger partial charge is 0.308 e. The van der Waals surface area contributed by atoms with E-state index in [4.69, 9.17) is 4.74 Å². The summed E-state index contributed by atoms with van der Waals surface area (Å²) in [6.07, 6.45) is 5.68. The summed E-state index contributed by atoms with van der Waals surface area (Å²) >= 11 is 0. The number of ether oxygens (including phenoxy) is 1. The zero-order valence-corrected chi connectivity index (χ0v) is 17.3. The maximum Gasteiger partial charge on any atom is 0.308 e. The first-order valence-electron chi connectivity index (χ1n) is 11.1. The van der Waals surface area contributed by atoms with Gasteiger partial charge in [0.15, 0.2) is 11.9 Å². The molecule has 158 valence electrons. The Kier molecular flexibility index (Phi) is 4.56. The summed E-state index contributed by atoms with van der Waals surface area (Å²) in [4.78, 5) is 51.6. The van der Waals surface area contributed by atoms with Crippen molar-refractivity contribution in [2.45, 2.75) is 58.0 Å². The van der Waals surface area contributed by atoms with E-state index >= 15 is 0 Å². The van der Waals surface area contributed by atoms with Crippen molar-refractivity contribution in [3.8, 4) is 0 Å². The van der Waals surface area contributed by atoms with E-state index < -0.39 is 12.1 Å². The van der Waals surface area contributed by atoms with Crippen LogP contribution in [0, 0.1) is 23.2 Å². The van der Waals surface area contributed by atoms with Crippen molar-refractivity contribution >= 4 is 23.6 Å². The van der Waals surface area contributed by atoms with E-state index in [-0.39, 0.29) is 36.0 Å². The summed E-state index contributed by atoms with van der Waals surface area (Å²) in [7, 11) is 0. The third-order valence-corrected chi connectivity index (χ3v) is 7.66. The molecule has 6 nitrogen and oxygen atoms in total. The Labute approximate surface area is 175 Å². The number of fused-ring (bicyclic) bond motifs is 1. The molecule has 4 saturated carbocycles. The molecule has 0 spiro atoms. The Hall–Kier alpha value is -2.50. The van der Waals surface area contributed by atoms with Crippen LogP contribution in [0.15, 0.2) is 24.3 Å². The quantitative estimate of drug-likeness (QED) is 0.531. The largest absolute Gasteiger partial charge is 0.455 e. The SMILES string of the molecule is C[C@@H](OC(=O)CCN1C(=O)c2ccccc2C1=O)C(=O)C12CC3CC(CC(C3)C1)C2. The zero-order chi connectivity index (χ0) is 21.0. The van der Waals surface area contributed by atoms with E-state index in [0.29, 0.717) is 28.9 Å². The highest BCUT2D eigenvalue weighted by Crippen LogP contribution is 2.60. The van der Waals surface area contributed by atoms with Crippen molar-refractivity contribution in [1.29, 1.82) is 0 Å². The first-order chi connectivity index (χ1) is 14.4. The fraction of sp³-hybridized carbons (Fsp3) is 0.583. The van der Waals surface area contributed by atoms with E-state index in [2.05, 4.69) is 0 Å². The Morgan fingerprint density at radius 3 is 2.00 bits per heavy atom. The minimum atomic E-state index is -0.782. The van der Waals surface area contributed by atoms with Crippen LogP contribution in [0.3, 0.4) is 0 Å². The number of amides is 2. The standard InChI is InChI=1S/C24H27NO5/c1-14(21(27)24-11-15-8-16(12-24)10-17(9-15)13-24)30-20(26)6-7-25-22(28)18-4-2-3-5-19(18)23(25)29/h2-5,14-17H,6-13H2,1H3/t14-,15?,16?,17?,24?/m1/s1. The molecule has 6 rings (SSSR count). The predicted octanol–water partition coefficient (Wildman–Crippen LogP) is 3.39. The monoisotopic (exact) mass is 409 g/mol. The van der Waals surface area contributed by atoms with Crippen LogP contribution < -0.4 is 0 Å². The van der Waals surface area contributed by atoms with E-state index in [1.807, 2.05) is 0 Å². The van der Waals surface area contributed by atoms with Crippen LogP contribution in [0.25, 0.3) is 0 Å². The van der Waals surface area contributed by atoms with Crippen LogP contribution in [-0.2, 0) is 14.3 Å². The average Bonchev–Trinajstić information content (AvgIpc) is 2.95. The van der Waals surface area contributed by atoms with Crippen molar-refractivity contribution in [2.75, 3.05) is 6.54 Å². The summed E-state index contributed by atoms with van der Waals surface area (Å²) in [5.74, 6) is 0.695. The third kappa shape index (κ3) is 3.08. The second kappa shape index (κ2) is 7.03. The number of imide groups is 1. The van der Waals surface area contributed by atoms with Gasteiger partial charge >= 0.3 is 5.97 Å². The Morgan fingerprint density at radius 1 is 1.00 bits per heavy atom. The van der Waals surface area contributed by atoms with Gasteiger partial charge in [0, 0.05) is 12.0 Å². The molecule has 30 heavy (non-hydrogen) atoms. The maximum absolute atomic E-state index is 13.2. The van der Waals surface area contributed by atoms with Gasteiger partial charge in [0.1, 0.15) is 0 Å². The number of carbonyl (C=O) groups excluding carboxylic acids is 4. The van der Waals surface area contributed by atoms with Gasteiger partial charge in [-0.2, -0.15) is 0 Å². The molecule has 2 amide bonds. The lowest BCUT2D eigenvalue weighted by Crippen LogP contribution is -2.52. The van der Waals surface area contributed by atoms with Crippen molar-refractivity contribution in [3.63, 3.8) is 0 Å². The zero-order valence-electron chi connectivity index (χ0n) is 17.3. The molecule has 1 atom stereocenters. The molecule has 6 heteroatoms. The molecule has 4 fully saturated rings. The number of hydrogen-bond acceptors (Lipinski definition) is 5. The second-order valence-electron chi connectivity index (χ2n) is 9.75. The molecule has 0 aromatic heterocycles. The van der Waals surface area contributed by atoms with Crippen molar-refractivity contribution in [2.24, 2.45) is 23.2 Å². The van der Waals surface area contributed by atoms with E-state index in [1.54, 1.807) is 31.2 Å². The molecule has 5 aliphatic rings. The van der Waals surface area contributed by atoms with Gasteiger partial charge in [0.05, 0.1) is 17.5 Å². The predicted molar refractivity (Wildman–Crippen MR) is 108 cm³/mol. The summed E-state index contributed by atoms with van der Waals surface area (Å²) in [6.45, 7) is 1.63. The van der Waals surface area contributed by atoms with Crippen molar-refractivity contribution in [1.82, 2.24) is 4.90 Å². The minimum absolute atomic E-state index is 0.0382. The summed E-state index contributed by atoms with van der Waals surface area (Å²) in [5.41, 5.74) is 0.416. The van der Waals surface area contributed by atoms with Gasteiger partial charge in [-0.15, -0.1) is 0 Å². The molecule has 0 radical (unpaired) electrons. The van der Waals surface area contributed by atoms with Gasteiger partial charge in [-0.1, -0.05) is 12.1 Å². The maximum atomic E-state index is 13.2. The van der Waals surface area contributed by atoms with E-state index in [9.17, 15) is 19.2 Å². The first kappa shape index (κ1) is 19.5. The number of carbonyl (C=O) groups is 4. The van der Waals surface area contributed by atoms with Crippen molar-refractivity contribution < 1.29 is 23.9 Å². The van der Waals surface area contributed by atoms with E-state index in [1.165, 1.54) is 19.3 Å². The van der Waals surface area contributed by atoms with Gasteiger partial charge in [-0.25, -0.2) is 0 Å². The van der Waals surface area contributed by atoms with Gasteiger partial charge < -0.3 is 4.74 Å².